The Kier molecular flexibility index (Phi) is 4.66. The van der Waals surface area contributed by atoms with Crippen molar-refractivity contribution < 1.29 is 0 Å². The molecule has 0 aromatic rings. The first-order valence-corrected chi connectivity index (χ1v) is 5.24. The molecule has 1 rings (SSSR count). The number of hydrogen-bond donors (Lipinski definition) is 0. The molecular formula is C11H15NS. The summed E-state index contributed by atoms with van der Waals surface area (Å²) in [4.78, 5) is 4.38. The molecule has 0 saturated heterocycles. The van der Waals surface area contributed by atoms with Crippen LogP contribution in [0.3, 0.4) is 0 Å². The van der Waals surface area contributed by atoms with E-state index < -0.39 is 0 Å². The van der Waals surface area contributed by atoms with Gasteiger partial charge in [0.2, 0.25) is 0 Å². The fourth-order valence-electron chi connectivity index (χ4n) is 1.41. The molecule has 0 saturated carbocycles. The van der Waals surface area contributed by atoms with E-state index in [0.29, 0.717) is 0 Å². The lowest BCUT2D eigenvalue weighted by atomic mass is 10.0. The van der Waals surface area contributed by atoms with Crippen molar-refractivity contribution in [2.24, 2.45) is 4.99 Å². The molecule has 0 aliphatic carbocycles. The zero-order valence-electron chi connectivity index (χ0n) is 7.99. The van der Waals surface area contributed by atoms with Gasteiger partial charge in [-0.25, -0.2) is 0 Å². The minimum absolute atomic E-state index is 0.272. The monoisotopic (exact) mass is 193 g/mol. The molecule has 1 atom stereocenters. The van der Waals surface area contributed by atoms with Gasteiger partial charge >= 0.3 is 0 Å². The van der Waals surface area contributed by atoms with E-state index in [1.165, 1.54) is 19.3 Å². The Labute approximate surface area is 85.3 Å². The lowest BCUT2D eigenvalue weighted by Crippen LogP contribution is -2.10. The first kappa shape index (κ1) is 10.4. The number of hydrogen-bond acceptors (Lipinski definition) is 2. The van der Waals surface area contributed by atoms with Crippen LogP contribution in [0.1, 0.15) is 32.6 Å². The van der Waals surface area contributed by atoms with E-state index in [0.717, 1.165) is 12.0 Å². The summed E-state index contributed by atoms with van der Waals surface area (Å²) in [6.45, 7) is 2.21. The molecule has 0 aromatic carbocycles. The van der Waals surface area contributed by atoms with Crippen LogP contribution in [-0.2, 0) is 0 Å². The Hall–Kier alpha value is -0.720. The Morgan fingerprint density at radius 3 is 3.08 bits per heavy atom. The highest BCUT2D eigenvalue weighted by Crippen LogP contribution is 2.16. The van der Waals surface area contributed by atoms with Crippen LogP contribution >= 0.6 is 12.2 Å². The molecule has 1 nitrogen and oxygen atoms in total. The summed E-state index contributed by atoms with van der Waals surface area (Å²) in [5.41, 5.74) is 1.06. The van der Waals surface area contributed by atoms with Gasteiger partial charge in [0.1, 0.15) is 0 Å². The number of dihydropyridines is 1. The number of unbranched alkanes of at least 4 members (excludes halogenated alkanes) is 2. The Morgan fingerprint density at radius 1 is 1.54 bits per heavy atom. The average molecular weight is 193 g/mol. The van der Waals surface area contributed by atoms with Crippen molar-refractivity contribution in [1.82, 2.24) is 0 Å². The normalized spacial score (nSPS) is 20.4. The van der Waals surface area contributed by atoms with Crippen LogP contribution in [0, 0.1) is 0 Å². The van der Waals surface area contributed by atoms with E-state index in [-0.39, 0.29) is 6.04 Å². The van der Waals surface area contributed by atoms with Crippen molar-refractivity contribution in [3.05, 3.63) is 17.7 Å². The molecule has 1 aliphatic rings. The summed E-state index contributed by atoms with van der Waals surface area (Å²) in [7, 11) is 0. The van der Waals surface area contributed by atoms with Crippen molar-refractivity contribution in [2.45, 2.75) is 38.6 Å². The molecule has 1 unspecified atom stereocenters. The van der Waals surface area contributed by atoms with Crippen LogP contribution in [-0.4, -0.2) is 17.3 Å². The summed E-state index contributed by atoms with van der Waals surface area (Å²) in [6, 6.07) is 0.272. The van der Waals surface area contributed by atoms with E-state index in [1.54, 1.807) is 0 Å². The predicted molar refractivity (Wildman–Crippen MR) is 61.7 cm³/mol. The Bertz CT molecular complexity index is 259. The second-order valence-electron chi connectivity index (χ2n) is 3.23. The summed E-state index contributed by atoms with van der Waals surface area (Å²) in [5.74, 6) is 0. The minimum atomic E-state index is 0.272. The molecular weight excluding hydrogens is 178 g/mol. The highest BCUT2D eigenvalue weighted by Gasteiger charge is 2.11. The van der Waals surface area contributed by atoms with Gasteiger partial charge in [0.15, 0.2) is 0 Å². The van der Waals surface area contributed by atoms with Gasteiger partial charge in [0.25, 0.3) is 0 Å². The first-order chi connectivity index (χ1) is 6.38. The fourth-order valence-corrected chi connectivity index (χ4v) is 1.62. The van der Waals surface area contributed by atoms with E-state index in [4.69, 9.17) is 12.2 Å². The summed E-state index contributed by atoms with van der Waals surface area (Å²) >= 11 is 4.82. The maximum atomic E-state index is 4.82. The molecule has 70 valence electrons. The Morgan fingerprint density at radius 2 is 2.38 bits per heavy atom. The fraction of sp³-hybridized carbons (Fsp3) is 0.545. The molecule has 0 spiro atoms. The molecule has 0 N–H and O–H groups in total. The Balaban J connectivity index is 2.44. The second kappa shape index (κ2) is 5.85. The van der Waals surface area contributed by atoms with Crippen molar-refractivity contribution in [3.63, 3.8) is 0 Å². The molecule has 0 aromatic heterocycles. The maximum absolute atomic E-state index is 4.82. The van der Waals surface area contributed by atoms with Gasteiger partial charge in [-0.05, 0) is 35.8 Å². The third kappa shape index (κ3) is 3.25. The average Bonchev–Trinajstić information content (AvgIpc) is 2.19. The lowest BCUT2D eigenvalue weighted by Gasteiger charge is -2.13. The highest BCUT2D eigenvalue weighted by molar-refractivity contribution is 7.78. The van der Waals surface area contributed by atoms with E-state index in [1.807, 2.05) is 18.4 Å². The van der Waals surface area contributed by atoms with E-state index in [2.05, 4.69) is 16.9 Å². The highest BCUT2D eigenvalue weighted by atomic mass is 32.1. The van der Waals surface area contributed by atoms with Gasteiger partial charge < -0.3 is 0 Å². The second-order valence-corrected chi connectivity index (χ2v) is 3.43. The number of allylic oxidation sites excluding steroid dienone is 1. The molecule has 0 fully saturated rings. The SMILES string of the molecule is CCCCCC1N=CC=CC1=C=S. The number of aliphatic imine (C=N–C) groups is 1. The lowest BCUT2D eigenvalue weighted by molar-refractivity contribution is 0.616. The third-order valence-electron chi connectivity index (χ3n) is 2.19. The van der Waals surface area contributed by atoms with Crippen LogP contribution in [0.5, 0.6) is 0 Å². The van der Waals surface area contributed by atoms with E-state index in [9.17, 15) is 0 Å². The minimum Gasteiger partial charge on any atom is -0.284 e. The quantitative estimate of drug-likeness (QED) is 0.493. The van der Waals surface area contributed by atoms with Crippen molar-refractivity contribution in [3.8, 4) is 0 Å². The molecule has 0 radical (unpaired) electrons. The standard InChI is InChI=1S/C11H15NS/c1-2-3-4-7-11-10(9-13)6-5-8-12-11/h5-6,8,11H,2-4,7H2,1H3. The molecule has 1 aliphatic heterocycles. The number of rotatable bonds is 4. The van der Waals surface area contributed by atoms with Gasteiger partial charge in [-0.1, -0.05) is 26.2 Å². The zero-order chi connectivity index (χ0) is 9.52. The maximum Gasteiger partial charge on any atom is 0.0829 e. The predicted octanol–water partition coefficient (Wildman–Crippen LogP) is 3.10. The molecule has 0 amide bonds. The van der Waals surface area contributed by atoms with Gasteiger partial charge in [-0.2, -0.15) is 0 Å². The largest absolute Gasteiger partial charge is 0.284 e. The van der Waals surface area contributed by atoms with Crippen LogP contribution in [0.4, 0.5) is 0 Å². The van der Waals surface area contributed by atoms with Gasteiger partial charge in [0.05, 0.1) is 6.04 Å². The molecule has 13 heavy (non-hydrogen) atoms. The molecule has 0 bridgehead atoms. The first-order valence-electron chi connectivity index (χ1n) is 4.83. The van der Waals surface area contributed by atoms with Crippen LogP contribution in [0.25, 0.3) is 0 Å². The number of nitrogens with zero attached hydrogens (tertiary/aromatic N) is 1. The van der Waals surface area contributed by atoms with Crippen LogP contribution < -0.4 is 0 Å². The van der Waals surface area contributed by atoms with Crippen molar-refractivity contribution >= 4 is 23.5 Å². The summed E-state index contributed by atoms with van der Waals surface area (Å²) in [6.07, 6.45) is 10.7. The van der Waals surface area contributed by atoms with Gasteiger partial charge in [-0.15, -0.1) is 0 Å². The van der Waals surface area contributed by atoms with Gasteiger partial charge in [0, 0.05) is 11.8 Å². The van der Waals surface area contributed by atoms with E-state index >= 15 is 0 Å². The van der Waals surface area contributed by atoms with Gasteiger partial charge in [-0.3, -0.25) is 4.99 Å². The van der Waals surface area contributed by atoms with Crippen LogP contribution in [0.15, 0.2) is 22.7 Å². The smallest absolute Gasteiger partial charge is 0.0829 e. The van der Waals surface area contributed by atoms with Crippen molar-refractivity contribution in [2.75, 3.05) is 0 Å². The summed E-state index contributed by atoms with van der Waals surface area (Å²) in [5, 5.41) is 2.78. The topological polar surface area (TPSA) is 12.4 Å². The summed E-state index contributed by atoms with van der Waals surface area (Å²) < 4.78 is 0. The van der Waals surface area contributed by atoms with Crippen LogP contribution in [0.2, 0.25) is 0 Å². The third-order valence-corrected chi connectivity index (χ3v) is 2.42. The van der Waals surface area contributed by atoms with Crippen molar-refractivity contribution in [1.29, 1.82) is 0 Å². The number of thiocarbonyl (C=S) groups is 1. The molecule has 1 heterocycles. The molecule has 2 heteroatoms. The zero-order valence-corrected chi connectivity index (χ0v) is 8.81.